The number of hydrogen-bond acceptors (Lipinski definition) is 7. The Kier molecular flexibility index (Phi) is 22.1. The normalized spacial score (nSPS) is 12.2. The second-order valence-corrected chi connectivity index (χ2v) is 11.4. The first kappa shape index (κ1) is 40.1. The summed E-state index contributed by atoms with van der Waals surface area (Å²) in [5, 5.41) is 13.5. The van der Waals surface area contributed by atoms with Gasteiger partial charge in [0.1, 0.15) is 12.0 Å². The molecule has 0 spiro atoms. The Bertz CT molecular complexity index is 1090. The minimum Gasteiger partial charge on any atom is -0.508 e. The summed E-state index contributed by atoms with van der Waals surface area (Å²) in [5.74, 6) is 0.329. The number of carbonyl (C=O) groups excluding carboxylic acids is 2. The number of aryl methyl sites for hydroxylation is 1. The van der Waals surface area contributed by atoms with Gasteiger partial charge in [0.15, 0.2) is 0 Å². The number of likely N-dealkylation sites (tertiary alicyclic amines) is 1. The van der Waals surface area contributed by atoms with Crippen LogP contribution in [0.25, 0.3) is 0 Å². The largest absolute Gasteiger partial charge is 0.508 e. The molecule has 9 heteroatoms. The van der Waals surface area contributed by atoms with Crippen molar-refractivity contribution in [1.29, 1.82) is 0 Å². The molecule has 0 aromatic heterocycles. The Hall–Kier alpha value is -3.92. The third-order valence-corrected chi connectivity index (χ3v) is 7.35. The molecule has 1 aliphatic heterocycles. The zero-order valence-electron chi connectivity index (χ0n) is 28.5. The number of piperidine rings is 1. The molecule has 1 fully saturated rings. The molecule has 1 heterocycles. The van der Waals surface area contributed by atoms with Gasteiger partial charge in [0.05, 0.1) is 6.54 Å². The molecule has 1 aliphatic rings. The van der Waals surface area contributed by atoms with Gasteiger partial charge in [-0.25, -0.2) is 9.80 Å². The number of nitrogens with zero attached hydrogens (tertiary/aromatic N) is 4. The second kappa shape index (κ2) is 25.3. The van der Waals surface area contributed by atoms with Crippen molar-refractivity contribution in [3.05, 3.63) is 103 Å². The monoisotopic (exact) mass is 634 g/mol. The first-order valence-corrected chi connectivity index (χ1v) is 16.2. The molecule has 0 bridgehead atoms. The standard InChI is InChI=1S/C18H34N4O.C12H16N2O.C7H8O/c1-4-11-22(16-17-23)19-10-15-20(3)12-8-9-18(2)21-13-6-5-7-14-21;1-3-9-14(2)12(15)13-10-11-7-5-4-6-8-11;1-6-2-4-7(8)5-3-6/h4,17,19H,1-2,5-16H2,3H3;3-8H,1,9-10H2,2H3,(H,13,15);2-5,8H,1H3. The molecule has 2 amide bonds. The third kappa shape index (κ3) is 19.5. The van der Waals surface area contributed by atoms with Gasteiger partial charge in [0, 0.05) is 58.6 Å². The molecule has 0 unspecified atom stereocenters. The first-order valence-electron chi connectivity index (χ1n) is 16.2. The predicted molar refractivity (Wildman–Crippen MR) is 191 cm³/mol. The number of rotatable bonds is 17. The van der Waals surface area contributed by atoms with Crippen LogP contribution in [-0.4, -0.2) is 104 Å². The Labute approximate surface area is 278 Å². The molecule has 3 rings (SSSR count). The third-order valence-electron chi connectivity index (χ3n) is 7.35. The molecule has 254 valence electrons. The number of aldehydes is 1. The van der Waals surface area contributed by atoms with Gasteiger partial charge in [-0.1, -0.05) is 66.8 Å². The number of aromatic hydroxyl groups is 1. The van der Waals surface area contributed by atoms with E-state index >= 15 is 0 Å². The Balaban J connectivity index is 0.000000390. The molecule has 0 saturated carbocycles. The van der Waals surface area contributed by atoms with Crippen LogP contribution in [0, 0.1) is 6.92 Å². The Morgan fingerprint density at radius 2 is 1.59 bits per heavy atom. The van der Waals surface area contributed by atoms with Crippen LogP contribution in [-0.2, 0) is 11.3 Å². The highest BCUT2D eigenvalue weighted by Gasteiger charge is 2.11. The predicted octanol–water partition coefficient (Wildman–Crippen LogP) is 5.60. The van der Waals surface area contributed by atoms with Crippen LogP contribution in [0.5, 0.6) is 5.75 Å². The van der Waals surface area contributed by atoms with Crippen LogP contribution in [0.4, 0.5) is 4.79 Å². The minimum absolute atomic E-state index is 0.0845. The van der Waals surface area contributed by atoms with Crippen LogP contribution < -0.4 is 10.7 Å². The molecule has 1 saturated heterocycles. The second-order valence-electron chi connectivity index (χ2n) is 11.4. The van der Waals surface area contributed by atoms with Crippen molar-refractivity contribution in [2.45, 2.75) is 45.6 Å². The van der Waals surface area contributed by atoms with Gasteiger partial charge in [-0.15, -0.1) is 13.2 Å². The number of likely N-dealkylation sites (N-methyl/N-ethyl adjacent to an activating group) is 2. The van der Waals surface area contributed by atoms with Crippen LogP contribution in [0.15, 0.2) is 92.2 Å². The van der Waals surface area contributed by atoms with E-state index < -0.39 is 0 Å². The first-order chi connectivity index (χ1) is 22.2. The van der Waals surface area contributed by atoms with E-state index in [-0.39, 0.29) is 6.03 Å². The molecule has 2 aromatic rings. The number of urea groups is 1. The van der Waals surface area contributed by atoms with Crippen molar-refractivity contribution in [3.8, 4) is 5.75 Å². The number of phenols is 1. The van der Waals surface area contributed by atoms with Crippen molar-refractivity contribution in [3.63, 3.8) is 0 Å². The molecular weight excluding hydrogens is 576 g/mol. The summed E-state index contributed by atoms with van der Waals surface area (Å²) in [4.78, 5) is 28.4. The molecular formula is C37H58N6O3. The molecule has 0 atom stereocenters. The molecule has 46 heavy (non-hydrogen) atoms. The smallest absolute Gasteiger partial charge is 0.317 e. The number of allylic oxidation sites excluding steroid dienone is 1. The highest BCUT2D eigenvalue weighted by molar-refractivity contribution is 5.73. The van der Waals surface area contributed by atoms with Crippen LogP contribution in [0.1, 0.15) is 43.2 Å². The van der Waals surface area contributed by atoms with E-state index in [2.05, 4.69) is 47.3 Å². The number of benzene rings is 2. The number of nitrogens with one attached hydrogen (secondary N) is 2. The maximum absolute atomic E-state index is 11.5. The van der Waals surface area contributed by atoms with E-state index in [4.69, 9.17) is 5.11 Å². The lowest BCUT2D eigenvalue weighted by molar-refractivity contribution is -0.109. The lowest BCUT2D eigenvalue weighted by Gasteiger charge is -2.30. The fourth-order valence-corrected chi connectivity index (χ4v) is 4.61. The van der Waals surface area contributed by atoms with Gasteiger partial charge in [-0.05, 0) is 70.3 Å². The SMILES string of the molecule is C=CCN(C)C(=O)NCc1ccccc1.C=CCN(CC=O)NCCN(C)CCCC(=C)N1CCCCC1.Cc1ccc(O)cc1. The number of hydrogen-bond donors (Lipinski definition) is 3. The van der Waals surface area contributed by atoms with Gasteiger partial charge in [-0.3, -0.25) is 5.43 Å². The molecule has 0 radical (unpaired) electrons. The van der Waals surface area contributed by atoms with Crippen molar-refractivity contribution in [2.24, 2.45) is 0 Å². The fourth-order valence-electron chi connectivity index (χ4n) is 4.61. The Morgan fingerprint density at radius 3 is 2.17 bits per heavy atom. The summed E-state index contributed by atoms with van der Waals surface area (Å²) in [5.41, 5.74) is 6.84. The van der Waals surface area contributed by atoms with Crippen molar-refractivity contribution >= 4 is 12.3 Å². The van der Waals surface area contributed by atoms with E-state index in [1.54, 1.807) is 36.2 Å². The topological polar surface area (TPSA) is 91.4 Å². The fraction of sp³-hybridized carbons (Fsp3) is 0.459. The quantitative estimate of drug-likeness (QED) is 0.119. The zero-order chi connectivity index (χ0) is 34.0. The van der Waals surface area contributed by atoms with Crippen molar-refractivity contribution in [1.82, 2.24) is 30.5 Å². The summed E-state index contributed by atoms with van der Waals surface area (Å²) in [7, 11) is 3.88. The van der Waals surface area contributed by atoms with Crippen LogP contribution in [0.2, 0.25) is 0 Å². The van der Waals surface area contributed by atoms with E-state index in [0.717, 1.165) is 44.3 Å². The average Bonchev–Trinajstić information content (AvgIpc) is 3.06. The summed E-state index contributed by atoms with van der Waals surface area (Å²) >= 11 is 0. The van der Waals surface area contributed by atoms with Gasteiger partial charge >= 0.3 is 6.03 Å². The summed E-state index contributed by atoms with van der Waals surface area (Å²) in [6.07, 6.45) is 10.6. The van der Waals surface area contributed by atoms with E-state index in [1.807, 2.05) is 54.4 Å². The lowest BCUT2D eigenvalue weighted by Crippen LogP contribution is -2.43. The van der Waals surface area contributed by atoms with Crippen molar-refractivity contribution in [2.75, 3.05) is 66.5 Å². The maximum atomic E-state index is 11.5. The Morgan fingerprint density at radius 1 is 0.935 bits per heavy atom. The molecule has 9 nitrogen and oxygen atoms in total. The van der Waals surface area contributed by atoms with Gasteiger partial charge < -0.3 is 29.9 Å². The molecule has 3 N–H and O–H groups in total. The van der Waals surface area contributed by atoms with Crippen molar-refractivity contribution < 1.29 is 14.7 Å². The number of amides is 2. The number of carbonyl (C=O) groups is 2. The molecule has 0 aliphatic carbocycles. The average molecular weight is 635 g/mol. The number of phenolic OH excluding ortho intramolecular Hbond substituents is 1. The lowest BCUT2D eigenvalue weighted by atomic mass is 10.1. The van der Waals surface area contributed by atoms with Gasteiger partial charge in [-0.2, -0.15) is 0 Å². The summed E-state index contributed by atoms with van der Waals surface area (Å²) in [6.45, 7) is 21.0. The van der Waals surface area contributed by atoms with Crippen LogP contribution >= 0.6 is 0 Å². The summed E-state index contributed by atoms with van der Waals surface area (Å²) < 4.78 is 0. The van der Waals surface area contributed by atoms with E-state index in [0.29, 0.717) is 31.9 Å². The van der Waals surface area contributed by atoms with E-state index in [1.165, 1.54) is 43.6 Å². The van der Waals surface area contributed by atoms with Crippen LogP contribution in [0.3, 0.4) is 0 Å². The minimum atomic E-state index is -0.0845. The highest BCUT2D eigenvalue weighted by atomic mass is 16.3. The van der Waals surface area contributed by atoms with Gasteiger partial charge in [0.25, 0.3) is 0 Å². The maximum Gasteiger partial charge on any atom is 0.317 e. The van der Waals surface area contributed by atoms with E-state index in [9.17, 15) is 9.59 Å². The van der Waals surface area contributed by atoms with Gasteiger partial charge in [0.2, 0.25) is 0 Å². The number of hydrazine groups is 1. The molecule has 2 aromatic carbocycles. The summed E-state index contributed by atoms with van der Waals surface area (Å²) in [6, 6.07) is 16.8. The zero-order valence-corrected chi connectivity index (χ0v) is 28.5. The highest BCUT2D eigenvalue weighted by Crippen LogP contribution is 2.16.